The highest BCUT2D eigenvalue weighted by atomic mass is 16.5. The molecule has 3 rings (SSSR count). The van der Waals surface area contributed by atoms with Crippen molar-refractivity contribution in [2.45, 2.75) is 50.5 Å². The summed E-state index contributed by atoms with van der Waals surface area (Å²) in [6, 6.07) is 9.35. The highest BCUT2D eigenvalue weighted by Gasteiger charge is 2.42. The lowest BCUT2D eigenvalue weighted by Gasteiger charge is -2.33. The number of hydrogen-bond acceptors (Lipinski definition) is 4. The van der Waals surface area contributed by atoms with Crippen LogP contribution < -0.4 is 15.2 Å². The molecular formula is C21H26N2O3. The van der Waals surface area contributed by atoms with Crippen molar-refractivity contribution in [1.29, 1.82) is 0 Å². The van der Waals surface area contributed by atoms with Gasteiger partial charge in [0, 0.05) is 18.0 Å². The number of hydrogen-bond donors (Lipinski definition) is 1. The summed E-state index contributed by atoms with van der Waals surface area (Å²) in [7, 11) is 1.61. The molecule has 138 valence electrons. The Bertz CT molecular complexity index is 757. The molecule has 0 saturated heterocycles. The Hall–Kier alpha value is -2.56. The molecular weight excluding hydrogens is 328 g/mol. The van der Waals surface area contributed by atoms with Crippen LogP contribution in [-0.4, -0.2) is 24.1 Å². The van der Waals surface area contributed by atoms with E-state index in [4.69, 9.17) is 15.2 Å². The Balaban J connectivity index is 2.19. The van der Waals surface area contributed by atoms with Crippen molar-refractivity contribution in [3.05, 3.63) is 53.9 Å². The zero-order valence-electron chi connectivity index (χ0n) is 15.4. The highest BCUT2D eigenvalue weighted by Crippen LogP contribution is 2.45. The quantitative estimate of drug-likeness (QED) is 0.824. The number of rotatable bonds is 7. The van der Waals surface area contributed by atoms with Crippen molar-refractivity contribution in [3.8, 4) is 11.5 Å². The number of pyridine rings is 1. The molecule has 1 atom stereocenters. The SMILES string of the molecule is CCC(C(N)=O)(c1cccnc1)c1cccc(OC)c1OC1CCCC1. The maximum atomic E-state index is 12.7. The first kappa shape index (κ1) is 18.2. The van der Waals surface area contributed by atoms with Crippen LogP contribution in [-0.2, 0) is 10.2 Å². The third-order valence-electron chi connectivity index (χ3n) is 5.35. The van der Waals surface area contributed by atoms with Crippen molar-refractivity contribution < 1.29 is 14.3 Å². The molecule has 0 bridgehead atoms. The lowest BCUT2D eigenvalue weighted by atomic mass is 9.72. The first-order valence-electron chi connectivity index (χ1n) is 9.18. The minimum Gasteiger partial charge on any atom is -0.493 e. The molecule has 1 unspecified atom stereocenters. The summed E-state index contributed by atoms with van der Waals surface area (Å²) in [4.78, 5) is 16.9. The molecule has 2 N–H and O–H groups in total. The molecule has 0 aliphatic heterocycles. The van der Waals surface area contributed by atoms with Crippen LogP contribution in [0.3, 0.4) is 0 Å². The van der Waals surface area contributed by atoms with Gasteiger partial charge in [-0.2, -0.15) is 0 Å². The Morgan fingerprint density at radius 2 is 2.04 bits per heavy atom. The van der Waals surface area contributed by atoms with Crippen LogP contribution >= 0.6 is 0 Å². The number of para-hydroxylation sites is 1. The lowest BCUT2D eigenvalue weighted by molar-refractivity contribution is -0.122. The first-order valence-corrected chi connectivity index (χ1v) is 9.18. The summed E-state index contributed by atoms with van der Waals surface area (Å²) in [5.41, 5.74) is 6.44. The van der Waals surface area contributed by atoms with Crippen LogP contribution in [0, 0.1) is 0 Å². The second kappa shape index (κ2) is 7.77. The van der Waals surface area contributed by atoms with Crippen LogP contribution in [0.1, 0.15) is 50.2 Å². The van der Waals surface area contributed by atoms with Gasteiger partial charge in [0.2, 0.25) is 5.91 Å². The topological polar surface area (TPSA) is 74.4 Å². The molecule has 26 heavy (non-hydrogen) atoms. The van der Waals surface area contributed by atoms with Gasteiger partial charge in [-0.05, 0) is 49.8 Å². The second-order valence-corrected chi connectivity index (χ2v) is 6.73. The lowest BCUT2D eigenvalue weighted by Crippen LogP contribution is -2.42. The molecule has 1 saturated carbocycles. The molecule has 1 aromatic carbocycles. The predicted molar refractivity (Wildman–Crippen MR) is 100 cm³/mol. The van der Waals surface area contributed by atoms with Gasteiger partial charge in [-0.1, -0.05) is 25.1 Å². The maximum absolute atomic E-state index is 12.7. The molecule has 1 amide bonds. The summed E-state index contributed by atoms with van der Waals surface area (Å²) in [6.45, 7) is 1.95. The van der Waals surface area contributed by atoms with Gasteiger partial charge in [-0.3, -0.25) is 9.78 Å². The van der Waals surface area contributed by atoms with Gasteiger partial charge >= 0.3 is 0 Å². The van der Waals surface area contributed by atoms with Crippen molar-refractivity contribution in [3.63, 3.8) is 0 Å². The molecule has 2 aromatic rings. The fourth-order valence-electron chi connectivity index (χ4n) is 3.92. The second-order valence-electron chi connectivity index (χ2n) is 6.73. The van der Waals surface area contributed by atoms with E-state index in [2.05, 4.69) is 4.98 Å². The molecule has 1 aromatic heterocycles. The monoisotopic (exact) mass is 354 g/mol. The van der Waals surface area contributed by atoms with E-state index in [1.165, 1.54) is 0 Å². The van der Waals surface area contributed by atoms with Crippen LogP contribution in [0.5, 0.6) is 11.5 Å². The Labute approximate surface area is 154 Å². The number of carbonyl (C=O) groups excluding carboxylic acids is 1. The highest BCUT2D eigenvalue weighted by molar-refractivity contribution is 5.91. The van der Waals surface area contributed by atoms with Crippen molar-refractivity contribution >= 4 is 5.91 Å². The number of carbonyl (C=O) groups is 1. The maximum Gasteiger partial charge on any atom is 0.232 e. The van der Waals surface area contributed by atoms with Gasteiger partial charge < -0.3 is 15.2 Å². The van der Waals surface area contributed by atoms with E-state index in [-0.39, 0.29) is 6.10 Å². The van der Waals surface area contributed by atoms with E-state index in [9.17, 15) is 4.79 Å². The fraction of sp³-hybridized carbons (Fsp3) is 0.429. The summed E-state index contributed by atoms with van der Waals surface area (Å²) in [5, 5.41) is 0. The molecule has 1 aliphatic rings. The number of primary amides is 1. The molecule has 1 fully saturated rings. The summed E-state index contributed by atoms with van der Waals surface area (Å²) >= 11 is 0. The molecule has 5 nitrogen and oxygen atoms in total. The molecule has 0 spiro atoms. The van der Waals surface area contributed by atoms with Crippen molar-refractivity contribution in [1.82, 2.24) is 4.98 Å². The molecule has 1 aliphatic carbocycles. The van der Waals surface area contributed by atoms with Crippen molar-refractivity contribution in [2.24, 2.45) is 5.73 Å². The number of amides is 1. The summed E-state index contributed by atoms with van der Waals surface area (Å²) < 4.78 is 11.9. The van der Waals surface area contributed by atoms with Gasteiger partial charge in [0.1, 0.15) is 5.41 Å². The van der Waals surface area contributed by atoms with E-state index in [0.29, 0.717) is 17.9 Å². The van der Waals surface area contributed by atoms with E-state index in [1.807, 2.05) is 37.3 Å². The van der Waals surface area contributed by atoms with Gasteiger partial charge in [-0.15, -0.1) is 0 Å². The number of ether oxygens (including phenoxy) is 2. The first-order chi connectivity index (χ1) is 12.6. The van der Waals surface area contributed by atoms with E-state index in [1.54, 1.807) is 19.5 Å². The van der Waals surface area contributed by atoms with Crippen LogP contribution in [0.4, 0.5) is 0 Å². The van der Waals surface area contributed by atoms with E-state index < -0.39 is 11.3 Å². The molecule has 0 radical (unpaired) electrons. The summed E-state index contributed by atoms with van der Waals surface area (Å²) in [5.74, 6) is 0.821. The Morgan fingerprint density at radius 3 is 2.62 bits per heavy atom. The summed E-state index contributed by atoms with van der Waals surface area (Å²) in [6.07, 6.45) is 8.38. The van der Waals surface area contributed by atoms with E-state index >= 15 is 0 Å². The minimum atomic E-state index is -1.02. The largest absolute Gasteiger partial charge is 0.493 e. The standard InChI is InChI=1S/C21H26N2O3/c1-3-21(20(22)24,15-8-7-13-23-14-15)17-11-6-12-18(25-2)19(17)26-16-9-4-5-10-16/h6-8,11-14,16H,3-5,9-10H2,1-2H3,(H2,22,24). The van der Waals surface area contributed by atoms with Crippen LogP contribution in [0.2, 0.25) is 0 Å². The minimum absolute atomic E-state index is 0.140. The number of methoxy groups -OCH3 is 1. The van der Waals surface area contributed by atoms with Crippen LogP contribution in [0.15, 0.2) is 42.7 Å². The van der Waals surface area contributed by atoms with Gasteiger partial charge in [0.15, 0.2) is 11.5 Å². The van der Waals surface area contributed by atoms with E-state index in [0.717, 1.165) is 36.8 Å². The number of aromatic nitrogens is 1. The third kappa shape index (κ3) is 3.14. The average Bonchev–Trinajstić information content (AvgIpc) is 3.17. The number of nitrogens with zero attached hydrogens (tertiary/aromatic N) is 1. The predicted octanol–water partition coefficient (Wildman–Crippen LogP) is 3.59. The van der Waals surface area contributed by atoms with Crippen LogP contribution in [0.25, 0.3) is 0 Å². The average molecular weight is 354 g/mol. The zero-order valence-corrected chi connectivity index (χ0v) is 15.4. The number of benzene rings is 1. The fourth-order valence-corrected chi connectivity index (χ4v) is 3.92. The molecule has 1 heterocycles. The number of nitrogens with two attached hydrogens (primary N) is 1. The zero-order chi connectivity index (χ0) is 18.6. The van der Waals surface area contributed by atoms with Gasteiger partial charge in [0.25, 0.3) is 0 Å². The molecule has 5 heteroatoms. The smallest absolute Gasteiger partial charge is 0.232 e. The van der Waals surface area contributed by atoms with Crippen molar-refractivity contribution in [2.75, 3.05) is 7.11 Å². The van der Waals surface area contributed by atoms with Gasteiger partial charge in [-0.25, -0.2) is 0 Å². The normalized spacial score (nSPS) is 16.8. The Morgan fingerprint density at radius 1 is 1.27 bits per heavy atom. The van der Waals surface area contributed by atoms with Gasteiger partial charge in [0.05, 0.1) is 13.2 Å². The third-order valence-corrected chi connectivity index (χ3v) is 5.35. The Kier molecular flexibility index (Phi) is 5.45.